The van der Waals surface area contributed by atoms with Crippen molar-refractivity contribution in [1.29, 1.82) is 5.26 Å². The van der Waals surface area contributed by atoms with Crippen molar-refractivity contribution < 1.29 is 14.7 Å². The molecule has 0 unspecified atom stereocenters. The highest BCUT2D eigenvalue weighted by atomic mass is 16.4. The molecule has 1 N–H and O–H groups in total. The van der Waals surface area contributed by atoms with Gasteiger partial charge in [0.05, 0.1) is 16.9 Å². The summed E-state index contributed by atoms with van der Waals surface area (Å²) in [7, 11) is 1.59. The number of hydrogen-bond acceptors (Lipinski definition) is 4. The zero-order valence-corrected chi connectivity index (χ0v) is 9.04. The van der Waals surface area contributed by atoms with Crippen LogP contribution in [0.2, 0.25) is 0 Å². The maximum Gasteiger partial charge on any atom is 0.335 e. The summed E-state index contributed by atoms with van der Waals surface area (Å²) in [5, 5.41) is 17.8. The molecule has 0 aliphatic carbocycles. The minimum Gasteiger partial charge on any atom is -0.478 e. The summed E-state index contributed by atoms with van der Waals surface area (Å²) < 4.78 is 0. The van der Waals surface area contributed by atoms with Crippen LogP contribution in [0.1, 0.15) is 10.4 Å². The first-order valence-corrected chi connectivity index (χ1v) is 4.85. The Morgan fingerprint density at radius 2 is 2.18 bits per heavy atom. The molecule has 1 aliphatic rings. The van der Waals surface area contributed by atoms with Gasteiger partial charge in [0.1, 0.15) is 6.54 Å². The van der Waals surface area contributed by atoms with Crippen LogP contribution < -0.4 is 9.80 Å². The number of nitrogens with zero attached hydrogens (tertiary/aromatic N) is 3. The molecule has 2 rings (SSSR count). The van der Waals surface area contributed by atoms with Crippen molar-refractivity contribution in [3.8, 4) is 6.19 Å². The molecule has 6 heteroatoms. The Labute approximate surface area is 97.3 Å². The van der Waals surface area contributed by atoms with Gasteiger partial charge in [0, 0.05) is 7.05 Å². The van der Waals surface area contributed by atoms with E-state index in [1.54, 1.807) is 7.05 Å². The Balaban J connectivity index is 2.59. The van der Waals surface area contributed by atoms with Gasteiger partial charge in [-0.25, -0.2) is 4.79 Å². The lowest BCUT2D eigenvalue weighted by Crippen LogP contribution is -2.41. The molecule has 0 bridgehead atoms. The first-order chi connectivity index (χ1) is 8.04. The Morgan fingerprint density at radius 1 is 1.47 bits per heavy atom. The van der Waals surface area contributed by atoms with Gasteiger partial charge in [0.15, 0.2) is 6.19 Å². The van der Waals surface area contributed by atoms with Gasteiger partial charge in [0.25, 0.3) is 0 Å². The van der Waals surface area contributed by atoms with E-state index in [4.69, 9.17) is 10.4 Å². The summed E-state index contributed by atoms with van der Waals surface area (Å²) in [6.45, 7) is -0.0664. The number of anilines is 2. The number of likely N-dealkylation sites (N-methyl/N-ethyl adjacent to an activating group) is 1. The summed E-state index contributed by atoms with van der Waals surface area (Å²) in [5.41, 5.74) is 1.06. The van der Waals surface area contributed by atoms with Crippen LogP contribution in [-0.4, -0.2) is 30.6 Å². The van der Waals surface area contributed by atoms with Crippen LogP contribution in [0.15, 0.2) is 18.2 Å². The van der Waals surface area contributed by atoms with Crippen LogP contribution in [0, 0.1) is 11.5 Å². The second-order valence-electron chi connectivity index (χ2n) is 3.65. The number of carbonyl (C=O) groups excluding carboxylic acids is 1. The van der Waals surface area contributed by atoms with Crippen LogP contribution in [-0.2, 0) is 4.79 Å². The molecule has 0 aromatic heterocycles. The van der Waals surface area contributed by atoms with E-state index in [2.05, 4.69) is 0 Å². The Hall–Kier alpha value is -2.55. The number of carboxylic acids is 1. The SMILES string of the molecule is CN1C(=O)CN(C#N)c2cc(C(=O)O)ccc21. The summed E-state index contributed by atoms with van der Waals surface area (Å²) in [6, 6.07) is 4.33. The van der Waals surface area contributed by atoms with E-state index in [0.29, 0.717) is 11.4 Å². The number of benzene rings is 1. The minimum atomic E-state index is -1.06. The lowest BCUT2D eigenvalue weighted by Gasteiger charge is -2.30. The topological polar surface area (TPSA) is 84.6 Å². The van der Waals surface area contributed by atoms with Crippen molar-refractivity contribution in [3.05, 3.63) is 23.8 Å². The predicted octanol–water partition coefficient (Wildman–Crippen LogP) is 0.649. The van der Waals surface area contributed by atoms with E-state index in [1.807, 2.05) is 6.19 Å². The largest absolute Gasteiger partial charge is 0.478 e. The van der Waals surface area contributed by atoms with Crippen molar-refractivity contribution in [3.63, 3.8) is 0 Å². The smallest absolute Gasteiger partial charge is 0.335 e. The number of carbonyl (C=O) groups is 2. The van der Waals surface area contributed by atoms with Gasteiger partial charge in [0.2, 0.25) is 5.91 Å². The number of amides is 1. The normalized spacial score (nSPS) is 14.2. The van der Waals surface area contributed by atoms with E-state index in [-0.39, 0.29) is 18.0 Å². The van der Waals surface area contributed by atoms with Gasteiger partial charge in [-0.05, 0) is 18.2 Å². The summed E-state index contributed by atoms with van der Waals surface area (Å²) >= 11 is 0. The second-order valence-corrected chi connectivity index (χ2v) is 3.65. The van der Waals surface area contributed by atoms with E-state index in [1.165, 1.54) is 28.0 Å². The molecule has 1 aliphatic heterocycles. The monoisotopic (exact) mass is 231 g/mol. The Kier molecular flexibility index (Phi) is 2.44. The molecule has 1 aromatic rings. The molecule has 0 saturated heterocycles. The fraction of sp³-hybridized carbons (Fsp3) is 0.182. The average molecular weight is 231 g/mol. The maximum atomic E-state index is 11.6. The lowest BCUT2D eigenvalue weighted by molar-refractivity contribution is -0.117. The number of aromatic carboxylic acids is 1. The Bertz CT molecular complexity index is 547. The molecule has 86 valence electrons. The minimum absolute atomic E-state index is 0.0664. The maximum absolute atomic E-state index is 11.6. The molecule has 0 atom stereocenters. The standard InChI is InChI=1S/C11H9N3O3/c1-13-8-3-2-7(11(16)17)4-9(8)14(6-12)5-10(13)15/h2-4H,5H2,1H3,(H,16,17). The molecule has 0 spiro atoms. The first kappa shape index (κ1) is 11.0. The second kappa shape index (κ2) is 3.79. The van der Waals surface area contributed by atoms with Crippen molar-refractivity contribution in [1.82, 2.24) is 0 Å². The lowest BCUT2D eigenvalue weighted by atomic mass is 10.1. The number of rotatable bonds is 1. The third kappa shape index (κ3) is 1.67. The molecule has 1 heterocycles. The Morgan fingerprint density at radius 3 is 2.76 bits per heavy atom. The van der Waals surface area contributed by atoms with Crippen LogP contribution in [0.4, 0.5) is 11.4 Å². The van der Waals surface area contributed by atoms with E-state index < -0.39 is 5.97 Å². The molecule has 0 saturated carbocycles. The van der Waals surface area contributed by atoms with Crippen molar-refractivity contribution >= 4 is 23.3 Å². The predicted molar refractivity (Wildman–Crippen MR) is 59.8 cm³/mol. The molecule has 0 fully saturated rings. The average Bonchev–Trinajstić information content (AvgIpc) is 2.33. The van der Waals surface area contributed by atoms with Gasteiger partial charge in [-0.1, -0.05) is 0 Å². The number of carboxylic acid groups (broad SMARTS) is 1. The van der Waals surface area contributed by atoms with Crippen LogP contribution in [0.5, 0.6) is 0 Å². The number of fused-ring (bicyclic) bond motifs is 1. The highest BCUT2D eigenvalue weighted by molar-refractivity contribution is 6.04. The molecular formula is C11H9N3O3. The zero-order chi connectivity index (χ0) is 12.6. The first-order valence-electron chi connectivity index (χ1n) is 4.85. The third-order valence-corrected chi connectivity index (χ3v) is 2.66. The highest BCUT2D eigenvalue weighted by Gasteiger charge is 2.27. The molecule has 1 amide bonds. The van der Waals surface area contributed by atoms with E-state index in [0.717, 1.165) is 0 Å². The fourth-order valence-corrected chi connectivity index (χ4v) is 1.71. The molecular weight excluding hydrogens is 222 g/mol. The summed E-state index contributed by atoms with van der Waals surface area (Å²) in [4.78, 5) is 25.0. The van der Waals surface area contributed by atoms with Gasteiger partial charge in [-0.3, -0.25) is 9.69 Å². The summed E-state index contributed by atoms with van der Waals surface area (Å²) in [6.07, 6.45) is 1.87. The molecule has 17 heavy (non-hydrogen) atoms. The van der Waals surface area contributed by atoms with Crippen molar-refractivity contribution in [2.24, 2.45) is 0 Å². The van der Waals surface area contributed by atoms with E-state index in [9.17, 15) is 9.59 Å². The van der Waals surface area contributed by atoms with Crippen LogP contribution >= 0.6 is 0 Å². The van der Waals surface area contributed by atoms with Gasteiger partial charge in [-0.15, -0.1) is 0 Å². The quantitative estimate of drug-likeness (QED) is 0.717. The van der Waals surface area contributed by atoms with Crippen molar-refractivity contribution in [2.45, 2.75) is 0 Å². The highest BCUT2D eigenvalue weighted by Crippen LogP contribution is 2.33. The summed E-state index contributed by atoms with van der Waals surface area (Å²) in [5.74, 6) is -1.27. The molecule has 6 nitrogen and oxygen atoms in total. The van der Waals surface area contributed by atoms with Gasteiger partial charge < -0.3 is 10.0 Å². The van der Waals surface area contributed by atoms with Gasteiger partial charge in [-0.2, -0.15) is 5.26 Å². The van der Waals surface area contributed by atoms with Crippen LogP contribution in [0.25, 0.3) is 0 Å². The zero-order valence-electron chi connectivity index (χ0n) is 9.04. The third-order valence-electron chi connectivity index (χ3n) is 2.66. The van der Waals surface area contributed by atoms with Crippen molar-refractivity contribution in [2.75, 3.05) is 23.4 Å². The molecule has 1 aromatic carbocycles. The van der Waals surface area contributed by atoms with Crippen LogP contribution in [0.3, 0.4) is 0 Å². The van der Waals surface area contributed by atoms with E-state index >= 15 is 0 Å². The molecule has 0 radical (unpaired) electrons. The fourth-order valence-electron chi connectivity index (χ4n) is 1.71. The number of hydrogen-bond donors (Lipinski definition) is 1. The number of nitriles is 1. The van der Waals surface area contributed by atoms with Gasteiger partial charge >= 0.3 is 5.97 Å².